The van der Waals surface area contributed by atoms with E-state index in [4.69, 9.17) is 14.2 Å². The molecule has 0 aliphatic heterocycles. The minimum Gasteiger partial charge on any atom is -0.444 e. The van der Waals surface area contributed by atoms with Gasteiger partial charge in [0.15, 0.2) is 0 Å². The molecule has 9 nitrogen and oxygen atoms in total. The summed E-state index contributed by atoms with van der Waals surface area (Å²) in [5.74, 6) is -1.63. The summed E-state index contributed by atoms with van der Waals surface area (Å²) >= 11 is 0. The minimum absolute atomic E-state index is 0.252. The highest BCUT2D eigenvalue weighted by molar-refractivity contribution is 5.87. The number of hydrogen-bond donors (Lipinski definition) is 1. The normalized spacial score (nSPS) is 12.4. The summed E-state index contributed by atoms with van der Waals surface area (Å²) < 4.78 is 17.0. The number of carbonyl (C=O) groups is 3. The van der Waals surface area contributed by atoms with Crippen LogP contribution in [0.5, 0.6) is 0 Å². The predicted molar refractivity (Wildman–Crippen MR) is 122 cm³/mol. The van der Waals surface area contributed by atoms with E-state index in [1.807, 2.05) is 35.0 Å². The maximum atomic E-state index is 12.3. The van der Waals surface area contributed by atoms with Crippen LogP contribution in [0.15, 0.2) is 49.1 Å². The van der Waals surface area contributed by atoms with Crippen molar-refractivity contribution in [3.63, 3.8) is 0 Å². The second-order valence-corrected chi connectivity index (χ2v) is 8.72. The molecule has 1 amide bonds. The number of amides is 1. The van der Waals surface area contributed by atoms with Gasteiger partial charge < -0.3 is 24.1 Å². The Balaban J connectivity index is 1.78. The van der Waals surface area contributed by atoms with Crippen molar-refractivity contribution in [2.24, 2.45) is 5.92 Å². The van der Waals surface area contributed by atoms with Crippen molar-refractivity contribution in [3.8, 4) is 0 Å². The number of aromatic nitrogens is 2. The number of nitrogens with one attached hydrogen (secondary N) is 1. The van der Waals surface area contributed by atoms with Crippen molar-refractivity contribution in [3.05, 3.63) is 60.2 Å². The predicted octanol–water partition coefficient (Wildman–Crippen LogP) is 3.54. The number of rotatable bonds is 9. The Labute approximate surface area is 193 Å². The molecule has 0 saturated carbocycles. The Morgan fingerprint density at radius 2 is 1.82 bits per heavy atom. The zero-order valence-electron chi connectivity index (χ0n) is 19.6. The molecule has 0 aliphatic rings. The van der Waals surface area contributed by atoms with E-state index >= 15 is 0 Å². The number of esters is 2. The van der Waals surface area contributed by atoms with Crippen molar-refractivity contribution in [1.29, 1.82) is 0 Å². The van der Waals surface area contributed by atoms with E-state index in [1.54, 1.807) is 53.2 Å². The Kier molecular flexibility index (Phi) is 9.20. The van der Waals surface area contributed by atoms with Crippen LogP contribution >= 0.6 is 0 Å². The fourth-order valence-corrected chi connectivity index (χ4v) is 2.71. The Bertz CT molecular complexity index is 944. The van der Waals surface area contributed by atoms with Gasteiger partial charge in [-0.1, -0.05) is 38.1 Å². The zero-order valence-corrected chi connectivity index (χ0v) is 19.6. The SMILES string of the molecule is CC(C)[C@H](NC(=O)OC(C)(C)C)C(=O)OCOC(=O)/C=C/c1ccc(Cn2ccnc2)cc1. The summed E-state index contributed by atoms with van der Waals surface area (Å²) in [6.07, 6.45) is 7.47. The number of ether oxygens (including phenoxy) is 3. The van der Waals surface area contributed by atoms with Gasteiger partial charge in [-0.05, 0) is 43.9 Å². The smallest absolute Gasteiger partial charge is 0.408 e. The largest absolute Gasteiger partial charge is 0.444 e. The van der Waals surface area contributed by atoms with Crippen LogP contribution in [0.2, 0.25) is 0 Å². The van der Waals surface area contributed by atoms with Gasteiger partial charge in [-0.25, -0.2) is 19.4 Å². The lowest BCUT2D eigenvalue weighted by molar-refractivity contribution is -0.166. The number of benzene rings is 1. The first kappa shape index (κ1) is 25.6. The van der Waals surface area contributed by atoms with Crippen LogP contribution in [0.25, 0.3) is 6.08 Å². The lowest BCUT2D eigenvalue weighted by Gasteiger charge is -2.24. The second-order valence-electron chi connectivity index (χ2n) is 8.72. The Morgan fingerprint density at radius 3 is 2.39 bits per heavy atom. The lowest BCUT2D eigenvalue weighted by Crippen LogP contribution is -2.47. The van der Waals surface area contributed by atoms with Crippen LogP contribution in [0, 0.1) is 5.92 Å². The van der Waals surface area contributed by atoms with E-state index in [1.165, 1.54) is 6.08 Å². The first-order valence-electron chi connectivity index (χ1n) is 10.6. The Hall–Kier alpha value is -3.62. The monoisotopic (exact) mass is 457 g/mol. The first-order chi connectivity index (χ1) is 15.5. The number of nitrogens with zero attached hydrogens (tertiary/aromatic N) is 2. The quantitative estimate of drug-likeness (QED) is 0.348. The third-order valence-corrected chi connectivity index (χ3v) is 4.31. The van der Waals surface area contributed by atoms with E-state index in [2.05, 4.69) is 10.3 Å². The van der Waals surface area contributed by atoms with Crippen molar-refractivity contribution in [2.45, 2.75) is 52.8 Å². The number of alkyl carbamates (subject to hydrolysis) is 1. The Morgan fingerprint density at radius 1 is 1.12 bits per heavy atom. The van der Waals surface area contributed by atoms with Gasteiger partial charge >= 0.3 is 18.0 Å². The van der Waals surface area contributed by atoms with Crippen LogP contribution < -0.4 is 5.32 Å². The molecule has 0 bridgehead atoms. The summed E-state index contributed by atoms with van der Waals surface area (Å²) in [6.45, 7) is 8.80. The van der Waals surface area contributed by atoms with Gasteiger partial charge in [0.25, 0.3) is 0 Å². The third-order valence-electron chi connectivity index (χ3n) is 4.31. The molecule has 1 N–H and O–H groups in total. The molecule has 1 aromatic heterocycles. The molecule has 0 aliphatic carbocycles. The molecule has 1 atom stereocenters. The van der Waals surface area contributed by atoms with Gasteiger partial charge in [-0.2, -0.15) is 0 Å². The highest BCUT2D eigenvalue weighted by atomic mass is 16.7. The average Bonchev–Trinajstić information content (AvgIpc) is 3.23. The van der Waals surface area contributed by atoms with Crippen molar-refractivity contribution >= 4 is 24.1 Å². The van der Waals surface area contributed by atoms with E-state index in [0.717, 1.165) is 11.1 Å². The molecule has 9 heteroatoms. The number of hydrogen-bond acceptors (Lipinski definition) is 7. The van der Waals surface area contributed by atoms with Crippen LogP contribution in [0.1, 0.15) is 45.7 Å². The molecule has 0 saturated heterocycles. The molecule has 0 spiro atoms. The molecule has 1 aromatic carbocycles. The van der Waals surface area contributed by atoms with Gasteiger partial charge in [-0.15, -0.1) is 0 Å². The van der Waals surface area contributed by atoms with Crippen LogP contribution in [0.3, 0.4) is 0 Å². The summed E-state index contributed by atoms with van der Waals surface area (Å²) in [4.78, 5) is 40.1. The standard InChI is InChI=1S/C24H31N3O6/c1-17(2)21(26-23(30)33-24(3,4)5)22(29)32-16-31-20(28)11-10-18-6-8-19(9-7-18)14-27-13-12-25-15-27/h6-13,15,17,21H,14,16H2,1-5H3,(H,26,30)/b11-10+/t21-/m0/s1. The average molecular weight is 458 g/mol. The van der Waals surface area contributed by atoms with Crippen molar-refractivity contribution in [1.82, 2.24) is 14.9 Å². The maximum Gasteiger partial charge on any atom is 0.408 e. The van der Waals surface area contributed by atoms with Gasteiger partial charge in [-0.3, -0.25) is 0 Å². The van der Waals surface area contributed by atoms with Crippen LogP contribution in [-0.2, 0) is 30.3 Å². The van der Waals surface area contributed by atoms with Crippen LogP contribution in [-0.4, -0.2) is 46.0 Å². The van der Waals surface area contributed by atoms with Gasteiger partial charge in [0, 0.05) is 25.0 Å². The fourth-order valence-electron chi connectivity index (χ4n) is 2.71. The van der Waals surface area contributed by atoms with Gasteiger partial charge in [0.1, 0.15) is 11.6 Å². The molecular weight excluding hydrogens is 426 g/mol. The molecule has 2 rings (SSSR count). The van der Waals surface area contributed by atoms with E-state index in [0.29, 0.717) is 6.54 Å². The maximum absolute atomic E-state index is 12.3. The van der Waals surface area contributed by atoms with Crippen LogP contribution in [0.4, 0.5) is 4.79 Å². The molecule has 0 unspecified atom stereocenters. The topological polar surface area (TPSA) is 109 Å². The molecule has 2 aromatic rings. The fraction of sp³-hybridized carbons (Fsp3) is 0.417. The number of imidazole rings is 1. The zero-order chi connectivity index (χ0) is 24.4. The second kappa shape index (κ2) is 11.8. The minimum atomic E-state index is -0.935. The lowest BCUT2D eigenvalue weighted by atomic mass is 10.1. The van der Waals surface area contributed by atoms with Gasteiger partial charge in [0.05, 0.1) is 6.33 Å². The van der Waals surface area contributed by atoms with Gasteiger partial charge in [0.2, 0.25) is 6.79 Å². The molecular formula is C24H31N3O6. The molecule has 1 heterocycles. The third kappa shape index (κ3) is 9.59. The van der Waals surface area contributed by atoms with Crippen molar-refractivity contribution in [2.75, 3.05) is 6.79 Å². The number of carbonyl (C=O) groups excluding carboxylic acids is 3. The van der Waals surface area contributed by atoms with E-state index in [9.17, 15) is 14.4 Å². The summed E-state index contributed by atoms with van der Waals surface area (Å²) in [6, 6.07) is 6.74. The highest BCUT2D eigenvalue weighted by Crippen LogP contribution is 2.10. The van der Waals surface area contributed by atoms with E-state index in [-0.39, 0.29) is 5.92 Å². The van der Waals surface area contributed by atoms with E-state index < -0.39 is 36.5 Å². The first-order valence-corrected chi connectivity index (χ1v) is 10.6. The molecule has 0 fully saturated rings. The summed E-state index contributed by atoms with van der Waals surface area (Å²) in [5, 5.41) is 2.48. The molecule has 0 radical (unpaired) electrons. The summed E-state index contributed by atoms with van der Waals surface area (Å²) in [5.41, 5.74) is 1.22. The molecule has 33 heavy (non-hydrogen) atoms. The highest BCUT2D eigenvalue weighted by Gasteiger charge is 2.28. The van der Waals surface area contributed by atoms with Crippen molar-refractivity contribution < 1.29 is 28.6 Å². The molecule has 178 valence electrons. The summed E-state index contributed by atoms with van der Waals surface area (Å²) in [7, 11) is 0.